The lowest BCUT2D eigenvalue weighted by atomic mass is 9.91. The highest BCUT2D eigenvalue weighted by Crippen LogP contribution is 2.21. The second-order valence-electron chi connectivity index (χ2n) is 7.54. The van der Waals surface area contributed by atoms with Gasteiger partial charge in [-0.1, -0.05) is 78.7 Å². The first kappa shape index (κ1) is 22.2. The number of rotatable bonds is 13. The summed E-state index contributed by atoms with van der Waals surface area (Å²) in [5.41, 5.74) is 0.731. The van der Waals surface area contributed by atoms with Crippen molar-refractivity contribution in [3.05, 3.63) is 11.6 Å². The number of esters is 1. The first-order valence-corrected chi connectivity index (χ1v) is 9.65. The molecule has 0 aromatic carbocycles. The van der Waals surface area contributed by atoms with E-state index in [0.717, 1.165) is 36.2 Å². The van der Waals surface area contributed by atoms with Gasteiger partial charge in [-0.05, 0) is 37.5 Å². The molecule has 0 rings (SSSR count). The Hall–Kier alpha value is -0.790. The number of allylic oxidation sites excluding steroid dienone is 1. The Bertz CT molecular complexity index is 333. The van der Waals surface area contributed by atoms with Crippen molar-refractivity contribution in [2.24, 2.45) is 17.8 Å². The van der Waals surface area contributed by atoms with Crippen molar-refractivity contribution >= 4 is 5.97 Å². The summed E-state index contributed by atoms with van der Waals surface area (Å²) in [5.74, 6) is 2.30. The zero-order valence-electron chi connectivity index (χ0n) is 16.5. The third-order valence-electron chi connectivity index (χ3n) is 5.10. The van der Waals surface area contributed by atoms with Gasteiger partial charge in [0.2, 0.25) is 0 Å². The molecule has 0 heterocycles. The molecule has 0 spiro atoms. The summed E-state index contributed by atoms with van der Waals surface area (Å²) >= 11 is 0. The highest BCUT2D eigenvalue weighted by atomic mass is 16.5. The van der Waals surface area contributed by atoms with E-state index in [2.05, 4.69) is 27.7 Å². The summed E-state index contributed by atoms with van der Waals surface area (Å²) in [6.07, 6.45) is 13.7. The molecule has 0 saturated heterocycles. The standard InChI is InChI=1S/C21H40O2/c1-7-17(2)11-8-12-18(3)13-9-14-19(4)15-10-16-20(5)21(22)23-6/h16-19H,7-15H2,1-6H3/b20-16+. The van der Waals surface area contributed by atoms with Crippen molar-refractivity contribution < 1.29 is 9.53 Å². The Balaban J connectivity index is 3.69. The maximum Gasteiger partial charge on any atom is 0.333 e. The second kappa shape index (κ2) is 13.6. The van der Waals surface area contributed by atoms with Crippen LogP contribution in [0.15, 0.2) is 11.6 Å². The lowest BCUT2D eigenvalue weighted by molar-refractivity contribution is -0.136. The second-order valence-corrected chi connectivity index (χ2v) is 7.54. The van der Waals surface area contributed by atoms with Crippen LogP contribution in [0.25, 0.3) is 0 Å². The first-order valence-electron chi connectivity index (χ1n) is 9.65. The van der Waals surface area contributed by atoms with Crippen LogP contribution in [0.5, 0.6) is 0 Å². The lowest BCUT2D eigenvalue weighted by Crippen LogP contribution is -2.02. The van der Waals surface area contributed by atoms with Gasteiger partial charge in [0.05, 0.1) is 7.11 Å². The normalized spacial score (nSPS) is 16.0. The van der Waals surface area contributed by atoms with Crippen molar-refractivity contribution in [2.45, 2.75) is 92.4 Å². The summed E-state index contributed by atoms with van der Waals surface area (Å²) in [7, 11) is 1.44. The van der Waals surface area contributed by atoms with Gasteiger partial charge in [-0.3, -0.25) is 0 Å². The van der Waals surface area contributed by atoms with E-state index >= 15 is 0 Å². The number of hydrogen-bond acceptors (Lipinski definition) is 2. The minimum Gasteiger partial charge on any atom is -0.466 e. The van der Waals surface area contributed by atoms with E-state index in [9.17, 15) is 4.79 Å². The Morgan fingerprint density at radius 1 is 0.913 bits per heavy atom. The maximum absolute atomic E-state index is 11.3. The molecule has 0 fully saturated rings. The number of carbonyl (C=O) groups is 1. The van der Waals surface area contributed by atoms with E-state index in [4.69, 9.17) is 4.74 Å². The van der Waals surface area contributed by atoms with E-state index in [1.54, 1.807) is 0 Å². The molecule has 23 heavy (non-hydrogen) atoms. The molecule has 136 valence electrons. The molecule has 2 heteroatoms. The molecule has 0 radical (unpaired) electrons. The number of ether oxygens (including phenoxy) is 1. The van der Waals surface area contributed by atoms with Crippen LogP contribution in [-0.2, 0) is 9.53 Å². The summed E-state index contributed by atoms with van der Waals surface area (Å²) < 4.78 is 4.71. The van der Waals surface area contributed by atoms with Crippen LogP contribution >= 0.6 is 0 Å². The van der Waals surface area contributed by atoms with Crippen LogP contribution in [-0.4, -0.2) is 13.1 Å². The Morgan fingerprint density at radius 2 is 1.39 bits per heavy atom. The summed E-state index contributed by atoms with van der Waals surface area (Å²) in [5, 5.41) is 0. The number of methoxy groups -OCH3 is 1. The van der Waals surface area contributed by atoms with Gasteiger partial charge in [0.1, 0.15) is 0 Å². The molecule has 0 aliphatic rings. The fourth-order valence-corrected chi connectivity index (χ4v) is 2.95. The first-order chi connectivity index (χ1) is 10.9. The van der Waals surface area contributed by atoms with Crippen LogP contribution in [0, 0.1) is 17.8 Å². The largest absolute Gasteiger partial charge is 0.466 e. The molecule has 3 atom stereocenters. The summed E-state index contributed by atoms with van der Waals surface area (Å²) in [6, 6.07) is 0. The van der Waals surface area contributed by atoms with Gasteiger partial charge in [-0.15, -0.1) is 0 Å². The summed E-state index contributed by atoms with van der Waals surface area (Å²) in [4.78, 5) is 11.3. The molecule has 0 N–H and O–H groups in total. The Morgan fingerprint density at radius 3 is 1.87 bits per heavy atom. The van der Waals surface area contributed by atoms with Crippen molar-refractivity contribution in [2.75, 3.05) is 7.11 Å². The van der Waals surface area contributed by atoms with Crippen molar-refractivity contribution in [1.82, 2.24) is 0 Å². The van der Waals surface area contributed by atoms with Crippen LogP contribution < -0.4 is 0 Å². The van der Waals surface area contributed by atoms with Gasteiger partial charge in [0, 0.05) is 5.57 Å². The van der Waals surface area contributed by atoms with Crippen molar-refractivity contribution in [3.63, 3.8) is 0 Å². The van der Waals surface area contributed by atoms with E-state index in [0.29, 0.717) is 0 Å². The fourth-order valence-electron chi connectivity index (χ4n) is 2.95. The van der Waals surface area contributed by atoms with E-state index < -0.39 is 0 Å². The maximum atomic E-state index is 11.3. The molecule has 0 aromatic rings. The van der Waals surface area contributed by atoms with Gasteiger partial charge in [-0.25, -0.2) is 4.79 Å². The Kier molecular flexibility index (Phi) is 13.2. The van der Waals surface area contributed by atoms with Gasteiger partial charge in [-0.2, -0.15) is 0 Å². The third-order valence-corrected chi connectivity index (χ3v) is 5.10. The summed E-state index contributed by atoms with van der Waals surface area (Å²) in [6.45, 7) is 11.2. The molecular weight excluding hydrogens is 284 g/mol. The molecule has 2 nitrogen and oxygen atoms in total. The van der Waals surface area contributed by atoms with E-state index in [1.165, 1.54) is 52.1 Å². The quantitative estimate of drug-likeness (QED) is 0.284. The molecule has 0 aliphatic carbocycles. The monoisotopic (exact) mass is 324 g/mol. The van der Waals surface area contributed by atoms with E-state index in [1.807, 2.05) is 13.0 Å². The SMILES string of the molecule is CCC(C)CCCC(C)CCCC(C)CC/C=C(\C)C(=O)OC. The van der Waals surface area contributed by atoms with Crippen LogP contribution in [0.3, 0.4) is 0 Å². The molecule has 3 unspecified atom stereocenters. The molecule has 0 bridgehead atoms. The molecule has 0 aromatic heterocycles. The molecule has 0 saturated carbocycles. The minimum atomic E-state index is -0.205. The predicted octanol–water partition coefficient (Wildman–Crippen LogP) is 6.54. The van der Waals surface area contributed by atoms with Crippen molar-refractivity contribution in [3.8, 4) is 0 Å². The van der Waals surface area contributed by atoms with Crippen LogP contribution in [0.1, 0.15) is 92.4 Å². The van der Waals surface area contributed by atoms with E-state index in [-0.39, 0.29) is 5.97 Å². The third kappa shape index (κ3) is 12.3. The van der Waals surface area contributed by atoms with Gasteiger partial charge < -0.3 is 4.74 Å². The zero-order chi connectivity index (χ0) is 17.7. The predicted molar refractivity (Wildman–Crippen MR) is 100 cm³/mol. The van der Waals surface area contributed by atoms with Gasteiger partial charge >= 0.3 is 5.97 Å². The molecule has 0 aliphatic heterocycles. The topological polar surface area (TPSA) is 26.3 Å². The lowest BCUT2D eigenvalue weighted by Gasteiger charge is -2.15. The number of hydrogen-bond donors (Lipinski definition) is 0. The van der Waals surface area contributed by atoms with Crippen LogP contribution in [0.4, 0.5) is 0 Å². The average Bonchev–Trinajstić information content (AvgIpc) is 2.53. The molecule has 0 amide bonds. The van der Waals surface area contributed by atoms with Crippen molar-refractivity contribution in [1.29, 1.82) is 0 Å². The fraction of sp³-hybridized carbons (Fsp3) is 0.857. The van der Waals surface area contributed by atoms with Gasteiger partial charge in [0.15, 0.2) is 0 Å². The Labute approximate surface area is 145 Å². The van der Waals surface area contributed by atoms with Gasteiger partial charge in [0.25, 0.3) is 0 Å². The van der Waals surface area contributed by atoms with Crippen LogP contribution in [0.2, 0.25) is 0 Å². The average molecular weight is 325 g/mol. The highest BCUT2D eigenvalue weighted by molar-refractivity contribution is 5.87. The smallest absolute Gasteiger partial charge is 0.333 e. The zero-order valence-corrected chi connectivity index (χ0v) is 16.5. The highest BCUT2D eigenvalue weighted by Gasteiger charge is 2.07. The number of carbonyl (C=O) groups excluding carboxylic acids is 1. The molecular formula is C21H40O2. The minimum absolute atomic E-state index is 0.205.